The summed E-state index contributed by atoms with van der Waals surface area (Å²) in [4.78, 5) is 0. The maximum absolute atomic E-state index is 11.5. The van der Waals surface area contributed by atoms with Gasteiger partial charge in [-0.3, -0.25) is 0 Å². The van der Waals surface area contributed by atoms with E-state index in [1.807, 2.05) is 30.3 Å². The van der Waals surface area contributed by atoms with Crippen molar-refractivity contribution in [3.05, 3.63) is 60.6 Å². The van der Waals surface area contributed by atoms with Gasteiger partial charge in [0, 0.05) is 0 Å². The molecule has 0 unspecified atom stereocenters. The van der Waals surface area contributed by atoms with Crippen LogP contribution < -0.4 is 0 Å². The Morgan fingerprint density at radius 1 is 1.06 bits per heavy atom. The zero-order valence-electron chi connectivity index (χ0n) is 8.81. The van der Waals surface area contributed by atoms with Gasteiger partial charge in [0.05, 0.1) is 6.26 Å². The van der Waals surface area contributed by atoms with E-state index in [1.54, 1.807) is 6.08 Å². The Hall–Kier alpha value is -2.01. The molecule has 0 aliphatic heterocycles. The van der Waals surface area contributed by atoms with E-state index < -0.39 is 10.1 Å². The third-order valence-corrected chi connectivity index (χ3v) is 3.07. The van der Waals surface area contributed by atoms with Crippen molar-refractivity contribution in [1.82, 2.24) is 0 Å². The van der Waals surface area contributed by atoms with Crippen molar-refractivity contribution in [2.45, 2.75) is 5.09 Å². The van der Waals surface area contributed by atoms with Crippen LogP contribution in [-0.4, -0.2) is 8.42 Å². The molecule has 0 aliphatic rings. The summed E-state index contributed by atoms with van der Waals surface area (Å²) in [5.74, 6) is 0. The first-order chi connectivity index (χ1) is 8.18. The smallest absolute Gasteiger partial charge is 0.372 e. The van der Waals surface area contributed by atoms with Crippen molar-refractivity contribution in [2.75, 3.05) is 0 Å². The maximum Gasteiger partial charge on any atom is 0.372 e. The highest BCUT2D eigenvalue weighted by Gasteiger charge is 2.16. The number of benzene rings is 1. The molecule has 0 radical (unpaired) electrons. The lowest BCUT2D eigenvalue weighted by molar-refractivity contribution is 0.390. The lowest BCUT2D eigenvalue weighted by atomic mass is 10.2. The van der Waals surface area contributed by atoms with E-state index in [-0.39, 0.29) is 5.09 Å². The molecule has 1 heterocycles. The highest BCUT2D eigenvalue weighted by molar-refractivity contribution is 7.86. The Bertz CT molecular complexity index is 583. The third-order valence-electron chi connectivity index (χ3n) is 1.98. The minimum Gasteiger partial charge on any atom is -0.450 e. The van der Waals surface area contributed by atoms with E-state index in [9.17, 15) is 8.42 Å². The van der Waals surface area contributed by atoms with Crippen LogP contribution in [0.4, 0.5) is 0 Å². The molecular formula is C12H10O4S. The Kier molecular flexibility index (Phi) is 3.30. The number of rotatable bonds is 4. The second-order valence-corrected chi connectivity index (χ2v) is 4.70. The van der Waals surface area contributed by atoms with Gasteiger partial charge in [0.25, 0.3) is 5.09 Å². The van der Waals surface area contributed by atoms with Gasteiger partial charge in [0.2, 0.25) is 0 Å². The predicted molar refractivity (Wildman–Crippen MR) is 62.5 cm³/mol. The molecule has 5 heteroatoms. The quantitative estimate of drug-likeness (QED) is 0.618. The van der Waals surface area contributed by atoms with Crippen LogP contribution in [0, 0.1) is 0 Å². The molecule has 0 N–H and O–H groups in total. The first-order valence-electron chi connectivity index (χ1n) is 4.87. The average molecular weight is 250 g/mol. The van der Waals surface area contributed by atoms with E-state index in [4.69, 9.17) is 4.42 Å². The molecule has 0 atom stereocenters. The molecule has 4 nitrogen and oxygen atoms in total. The van der Waals surface area contributed by atoms with Gasteiger partial charge in [-0.25, -0.2) is 0 Å². The van der Waals surface area contributed by atoms with Crippen molar-refractivity contribution in [2.24, 2.45) is 0 Å². The van der Waals surface area contributed by atoms with Crippen LogP contribution in [0.2, 0.25) is 0 Å². The van der Waals surface area contributed by atoms with Gasteiger partial charge < -0.3 is 8.60 Å². The molecule has 0 bridgehead atoms. The van der Waals surface area contributed by atoms with Gasteiger partial charge in [-0.2, -0.15) is 8.42 Å². The molecule has 0 spiro atoms. The summed E-state index contributed by atoms with van der Waals surface area (Å²) in [7, 11) is -3.84. The topological polar surface area (TPSA) is 56.5 Å². The van der Waals surface area contributed by atoms with Crippen molar-refractivity contribution in [1.29, 1.82) is 0 Å². The molecule has 2 aromatic rings. The van der Waals surface area contributed by atoms with Crippen molar-refractivity contribution < 1.29 is 17.0 Å². The zero-order valence-corrected chi connectivity index (χ0v) is 9.63. The van der Waals surface area contributed by atoms with E-state index in [1.165, 1.54) is 18.4 Å². The van der Waals surface area contributed by atoms with Crippen LogP contribution in [0.25, 0.3) is 6.08 Å². The fourth-order valence-corrected chi connectivity index (χ4v) is 1.91. The second-order valence-electron chi connectivity index (χ2n) is 3.20. The second kappa shape index (κ2) is 4.88. The summed E-state index contributed by atoms with van der Waals surface area (Å²) in [5.41, 5.74) is 0.849. The summed E-state index contributed by atoms with van der Waals surface area (Å²) in [6, 6.07) is 12.0. The van der Waals surface area contributed by atoms with Crippen LogP contribution in [0.3, 0.4) is 0 Å². The lowest BCUT2D eigenvalue weighted by Gasteiger charge is -1.98. The minimum atomic E-state index is -3.84. The molecule has 0 fully saturated rings. The number of furan rings is 1. The summed E-state index contributed by atoms with van der Waals surface area (Å²) in [5, 5.41) is -0.213. The van der Waals surface area contributed by atoms with E-state index >= 15 is 0 Å². The van der Waals surface area contributed by atoms with Crippen LogP contribution in [0.1, 0.15) is 5.56 Å². The molecule has 17 heavy (non-hydrogen) atoms. The number of hydrogen-bond acceptors (Lipinski definition) is 4. The molecular weight excluding hydrogens is 240 g/mol. The van der Waals surface area contributed by atoms with Gasteiger partial charge >= 0.3 is 10.1 Å². The molecule has 0 saturated heterocycles. The molecule has 2 rings (SSSR count). The zero-order chi connectivity index (χ0) is 12.1. The Balaban J connectivity index is 2.06. The van der Waals surface area contributed by atoms with Gasteiger partial charge in [0.15, 0.2) is 0 Å². The van der Waals surface area contributed by atoms with Gasteiger partial charge in [-0.15, -0.1) is 0 Å². The normalized spacial score (nSPS) is 11.8. The van der Waals surface area contributed by atoms with Crippen molar-refractivity contribution in [3.63, 3.8) is 0 Å². The van der Waals surface area contributed by atoms with E-state index in [0.717, 1.165) is 11.8 Å². The summed E-state index contributed by atoms with van der Waals surface area (Å²) < 4.78 is 32.5. The first kappa shape index (κ1) is 11.5. The van der Waals surface area contributed by atoms with Crippen molar-refractivity contribution >= 4 is 16.2 Å². The first-order valence-corrected chi connectivity index (χ1v) is 6.28. The largest absolute Gasteiger partial charge is 0.450 e. The lowest BCUT2D eigenvalue weighted by Crippen LogP contribution is -2.00. The average Bonchev–Trinajstić information content (AvgIpc) is 2.84. The van der Waals surface area contributed by atoms with Crippen LogP contribution in [0.15, 0.2) is 64.5 Å². The fourth-order valence-electron chi connectivity index (χ4n) is 1.20. The molecule has 88 valence electrons. The van der Waals surface area contributed by atoms with E-state index in [0.29, 0.717) is 0 Å². The SMILES string of the molecule is O=S(=O)(OC=Cc1ccccc1)c1ccco1. The number of hydrogen-bond donors (Lipinski definition) is 0. The Labute approximate surface area is 99.3 Å². The van der Waals surface area contributed by atoms with Gasteiger partial charge in [0.1, 0.15) is 6.26 Å². The standard InChI is InChI=1S/C12H10O4S/c13-17(14,12-7-4-9-15-12)16-10-8-11-5-2-1-3-6-11/h1-10H. The molecule has 0 amide bonds. The molecule has 1 aromatic carbocycles. The van der Waals surface area contributed by atoms with Crippen LogP contribution >= 0.6 is 0 Å². The Morgan fingerprint density at radius 2 is 1.82 bits per heavy atom. The molecule has 0 aliphatic carbocycles. The predicted octanol–water partition coefficient (Wildman–Crippen LogP) is 2.66. The summed E-state index contributed by atoms with van der Waals surface area (Å²) >= 11 is 0. The Morgan fingerprint density at radius 3 is 2.47 bits per heavy atom. The van der Waals surface area contributed by atoms with Gasteiger partial charge in [-0.05, 0) is 23.8 Å². The maximum atomic E-state index is 11.5. The fraction of sp³-hybridized carbons (Fsp3) is 0. The van der Waals surface area contributed by atoms with Crippen molar-refractivity contribution in [3.8, 4) is 0 Å². The highest BCUT2D eigenvalue weighted by atomic mass is 32.2. The summed E-state index contributed by atoms with van der Waals surface area (Å²) in [6.07, 6.45) is 3.95. The highest BCUT2D eigenvalue weighted by Crippen LogP contribution is 2.13. The van der Waals surface area contributed by atoms with Gasteiger partial charge in [-0.1, -0.05) is 30.3 Å². The third kappa shape index (κ3) is 2.98. The molecule has 1 aromatic heterocycles. The minimum absolute atomic E-state index is 0.213. The monoisotopic (exact) mass is 250 g/mol. The molecule has 0 saturated carbocycles. The summed E-state index contributed by atoms with van der Waals surface area (Å²) in [6.45, 7) is 0. The van der Waals surface area contributed by atoms with Crippen LogP contribution in [0.5, 0.6) is 0 Å². The van der Waals surface area contributed by atoms with Crippen LogP contribution in [-0.2, 0) is 14.3 Å². The van der Waals surface area contributed by atoms with E-state index in [2.05, 4.69) is 4.18 Å².